The van der Waals surface area contributed by atoms with Crippen LogP contribution in [0.3, 0.4) is 0 Å². The van der Waals surface area contributed by atoms with Crippen LogP contribution in [0, 0.1) is 5.82 Å². The predicted molar refractivity (Wildman–Crippen MR) is 66.1 cm³/mol. The molecule has 2 nitrogen and oxygen atoms in total. The molecule has 0 saturated heterocycles. The Kier molecular flexibility index (Phi) is 6.54. The third-order valence-corrected chi connectivity index (χ3v) is 2.56. The van der Waals surface area contributed by atoms with Gasteiger partial charge in [-0.25, -0.2) is 9.37 Å². The Hall–Kier alpha value is -1.12. The van der Waals surface area contributed by atoms with Crippen LogP contribution in [0.5, 0.6) is 0 Å². The van der Waals surface area contributed by atoms with Crippen LogP contribution in [0.4, 0.5) is 10.2 Å². The van der Waals surface area contributed by atoms with Crippen molar-refractivity contribution < 1.29 is 4.39 Å². The molecule has 0 aliphatic heterocycles. The summed E-state index contributed by atoms with van der Waals surface area (Å²) in [6, 6.07) is 3.10. The highest BCUT2D eigenvalue weighted by molar-refractivity contribution is 5.33. The van der Waals surface area contributed by atoms with E-state index >= 15 is 0 Å². The number of aromatic nitrogens is 1. The molecule has 1 heterocycles. The lowest BCUT2D eigenvalue weighted by atomic mass is 10.1. The Morgan fingerprint density at radius 2 is 1.88 bits per heavy atom. The number of unbranched alkanes of at least 4 members (excludes halogenated alkanes) is 5. The van der Waals surface area contributed by atoms with E-state index in [1.54, 1.807) is 6.07 Å². The average Bonchev–Trinajstić information content (AvgIpc) is 2.30. The highest BCUT2D eigenvalue weighted by atomic mass is 19.1. The van der Waals surface area contributed by atoms with E-state index in [1.165, 1.54) is 44.4 Å². The van der Waals surface area contributed by atoms with Gasteiger partial charge in [0.1, 0.15) is 11.6 Å². The average molecular weight is 224 g/mol. The van der Waals surface area contributed by atoms with E-state index in [2.05, 4.69) is 17.2 Å². The van der Waals surface area contributed by atoms with Gasteiger partial charge in [-0.1, -0.05) is 39.0 Å². The summed E-state index contributed by atoms with van der Waals surface area (Å²) in [5.41, 5.74) is 0. The first-order chi connectivity index (χ1) is 7.83. The lowest BCUT2D eigenvalue weighted by Gasteiger charge is -2.04. The second-order valence-electron chi connectivity index (χ2n) is 4.06. The Labute approximate surface area is 97.3 Å². The molecule has 0 atom stereocenters. The molecule has 1 aromatic heterocycles. The van der Waals surface area contributed by atoms with Gasteiger partial charge in [0.2, 0.25) is 0 Å². The third-order valence-electron chi connectivity index (χ3n) is 2.56. The molecule has 0 bridgehead atoms. The minimum absolute atomic E-state index is 0.287. The van der Waals surface area contributed by atoms with Crippen LogP contribution in [-0.4, -0.2) is 11.5 Å². The fraction of sp³-hybridized carbons (Fsp3) is 0.615. The predicted octanol–water partition coefficient (Wildman–Crippen LogP) is 3.99. The fourth-order valence-corrected chi connectivity index (χ4v) is 1.60. The second-order valence-corrected chi connectivity index (χ2v) is 4.06. The zero-order chi connectivity index (χ0) is 11.6. The number of hydrogen-bond acceptors (Lipinski definition) is 2. The van der Waals surface area contributed by atoms with Gasteiger partial charge in [-0.15, -0.1) is 0 Å². The summed E-state index contributed by atoms with van der Waals surface area (Å²) in [6.45, 7) is 3.15. The molecule has 1 rings (SSSR count). The van der Waals surface area contributed by atoms with Crippen molar-refractivity contribution in [2.75, 3.05) is 11.9 Å². The number of halogens is 1. The number of hydrogen-bond donors (Lipinski definition) is 1. The number of anilines is 1. The van der Waals surface area contributed by atoms with Crippen molar-refractivity contribution in [3.8, 4) is 0 Å². The molecule has 1 N–H and O–H groups in total. The van der Waals surface area contributed by atoms with Crippen LogP contribution in [0.1, 0.15) is 45.4 Å². The Morgan fingerprint density at radius 3 is 2.56 bits per heavy atom. The van der Waals surface area contributed by atoms with Gasteiger partial charge in [-0.2, -0.15) is 0 Å². The standard InChI is InChI=1S/C13H21FN2/c1-2-3-4-5-6-7-10-15-13-9-8-12(14)11-16-13/h8-9,11H,2-7,10H2,1H3,(H,15,16). The van der Waals surface area contributed by atoms with Crippen LogP contribution < -0.4 is 5.32 Å². The highest BCUT2D eigenvalue weighted by Gasteiger charge is 1.94. The first-order valence-corrected chi connectivity index (χ1v) is 6.18. The van der Waals surface area contributed by atoms with Crippen molar-refractivity contribution in [1.82, 2.24) is 4.98 Å². The van der Waals surface area contributed by atoms with E-state index in [0.717, 1.165) is 18.8 Å². The second kappa shape index (κ2) is 8.08. The molecule has 1 aromatic rings. The van der Waals surface area contributed by atoms with Crippen molar-refractivity contribution in [1.29, 1.82) is 0 Å². The van der Waals surface area contributed by atoms with Crippen molar-refractivity contribution in [2.45, 2.75) is 45.4 Å². The summed E-state index contributed by atoms with van der Waals surface area (Å²) < 4.78 is 12.6. The molecular formula is C13H21FN2. The van der Waals surface area contributed by atoms with E-state index in [9.17, 15) is 4.39 Å². The van der Waals surface area contributed by atoms with Crippen LogP contribution in [0.2, 0.25) is 0 Å². The Bertz CT molecular complexity index is 272. The lowest BCUT2D eigenvalue weighted by molar-refractivity contribution is 0.615. The normalized spacial score (nSPS) is 10.4. The van der Waals surface area contributed by atoms with E-state index in [1.807, 2.05) is 0 Å². The maximum Gasteiger partial charge on any atom is 0.141 e. The molecule has 0 unspecified atom stereocenters. The summed E-state index contributed by atoms with van der Waals surface area (Å²) in [6.07, 6.45) is 8.93. The van der Waals surface area contributed by atoms with Gasteiger partial charge < -0.3 is 5.32 Å². The van der Waals surface area contributed by atoms with Crippen molar-refractivity contribution >= 4 is 5.82 Å². The van der Waals surface area contributed by atoms with Crippen LogP contribution >= 0.6 is 0 Å². The lowest BCUT2D eigenvalue weighted by Crippen LogP contribution is -2.03. The monoisotopic (exact) mass is 224 g/mol. The van der Waals surface area contributed by atoms with E-state index in [0.29, 0.717) is 0 Å². The summed E-state index contributed by atoms with van der Waals surface area (Å²) in [7, 11) is 0. The summed E-state index contributed by atoms with van der Waals surface area (Å²) >= 11 is 0. The molecule has 16 heavy (non-hydrogen) atoms. The Morgan fingerprint density at radius 1 is 1.12 bits per heavy atom. The maximum atomic E-state index is 12.6. The molecule has 0 fully saturated rings. The summed E-state index contributed by atoms with van der Waals surface area (Å²) in [5, 5.41) is 3.18. The molecule has 0 aliphatic carbocycles. The molecule has 0 aromatic carbocycles. The van der Waals surface area contributed by atoms with E-state index in [-0.39, 0.29) is 5.82 Å². The van der Waals surface area contributed by atoms with E-state index < -0.39 is 0 Å². The van der Waals surface area contributed by atoms with Crippen molar-refractivity contribution in [3.63, 3.8) is 0 Å². The van der Waals surface area contributed by atoms with E-state index in [4.69, 9.17) is 0 Å². The zero-order valence-electron chi connectivity index (χ0n) is 10.0. The van der Waals surface area contributed by atoms with Gasteiger partial charge in [0, 0.05) is 6.54 Å². The number of nitrogens with one attached hydrogen (secondary N) is 1. The van der Waals surface area contributed by atoms with Crippen molar-refractivity contribution in [3.05, 3.63) is 24.1 Å². The quantitative estimate of drug-likeness (QED) is 0.675. The summed E-state index contributed by atoms with van der Waals surface area (Å²) in [4.78, 5) is 3.94. The molecule has 0 aliphatic rings. The largest absolute Gasteiger partial charge is 0.370 e. The SMILES string of the molecule is CCCCCCCCNc1ccc(F)cn1. The van der Waals surface area contributed by atoms with Gasteiger partial charge in [-0.3, -0.25) is 0 Å². The number of pyridine rings is 1. The van der Waals surface area contributed by atoms with Crippen LogP contribution in [0.15, 0.2) is 18.3 Å². The molecule has 3 heteroatoms. The maximum absolute atomic E-state index is 12.6. The van der Waals surface area contributed by atoms with Gasteiger partial charge in [0.25, 0.3) is 0 Å². The van der Waals surface area contributed by atoms with Crippen LogP contribution in [0.25, 0.3) is 0 Å². The number of nitrogens with zero attached hydrogens (tertiary/aromatic N) is 1. The van der Waals surface area contributed by atoms with Crippen LogP contribution in [-0.2, 0) is 0 Å². The minimum Gasteiger partial charge on any atom is -0.370 e. The molecule has 0 radical (unpaired) electrons. The van der Waals surface area contributed by atoms with Crippen molar-refractivity contribution in [2.24, 2.45) is 0 Å². The smallest absolute Gasteiger partial charge is 0.141 e. The first-order valence-electron chi connectivity index (χ1n) is 6.18. The zero-order valence-corrected chi connectivity index (χ0v) is 10.0. The Balaban J connectivity index is 2.01. The molecule has 0 spiro atoms. The van der Waals surface area contributed by atoms with Gasteiger partial charge in [0.05, 0.1) is 6.20 Å². The highest BCUT2D eigenvalue weighted by Crippen LogP contribution is 2.06. The molecule has 0 saturated carbocycles. The summed E-state index contributed by atoms with van der Waals surface area (Å²) in [5.74, 6) is 0.472. The fourth-order valence-electron chi connectivity index (χ4n) is 1.60. The topological polar surface area (TPSA) is 24.9 Å². The number of rotatable bonds is 8. The third kappa shape index (κ3) is 5.69. The van der Waals surface area contributed by atoms with Gasteiger partial charge in [-0.05, 0) is 18.6 Å². The molecule has 90 valence electrons. The van der Waals surface area contributed by atoms with Gasteiger partial charge in [0.15, 0.2) is 0 Å². The first kappa shape index (κ1) is 12.9. The van der Waals surface area contributed by atoms with Gasteiger partial charge >= 0.3 is 0 Å². The molecule has 0 amide bonds. The minimum atomic E-state index is -0.287. The molecular weight excluding hydrogens is 203 g/mol.